The van der Waals surface area contributed by atoms with Gasteiger partial charge in [0.2, 0.25) is 0 Å². The van der Waals surface area contributed by atoms with Crippen LogP contribution in [0.1, 0.15) is 23.6 Å². The first-order chi connectivity index (χ1) is 7.45. The van der Waals surface area contributed by atoms with Gasteiger partial charge >= 0.3 is 0 Å². The molecule has 4 nitrogen and oxygen atoms in total. The Morgan fingerprint density at radius 2 is 2.12 bits per heavy atom. The molecule has 0 atom stereocenters. The van der Waals surface area contributed by atoms with Crippen LogP contribution in [0.15, 0.2) is 17.0 Å². The standard InChI is InChI=1S/C10H10ClNO3S/c1-2-7-3-4-10(16(11,14)15)9(6-13)8(7)5-12/h3-4,13H,2,6H2,1H3. The van der Waals surface area contributed by atoms with Gasteiger partial charge < -0.3 is 5.11 Å². The molecule has 1 aromatic rings. The fourth-order valence-corrected chi connectivity index (χ4v) is 2.62. The van der Waals surface area contributed by atoms with Crippen molar-refractivity contribution in [3.05, 3.63) is 28.8 Å². The van der Waals surface area contributed by atoms with Crippen molar-refractivity contribution >= 4 is 19.7 Å². The fraction of sp³-hybridized carbons (Fsp3) is 0.300. The zero-order chi connectivity index (χ0) is 12.3. The van der Waals surface area contributed by atoms with Gasteiger partial charge in [0.05, 0.1) is 23.1 Å². The van der Waals surface area contributed by atoms with E-state index in [-0.39, 0.29) is 16.0 Å². The molecule has 16 heavy (non-hydrogen) atoms. The van der Waals surface area contributed by atoms with E-state index in [0.29, 0.717) is 12.0 Å². The third-order valence-corrected chi connectivity index (χ3v) is 3.68. The summed E-state index contributed by atoms with van der Waals surface area (Å²) in [6.45, 7) is 1.31. The predicted molar refractivity (Wildman–Crippen MR) is 59.5 cm³/mol. The molecular weight excluding hydrogens is 250 g/mol. The Morgan fingerprint density at radius 1 is 1.50 bits per heavy atom. The molecule has 0 aliphatic heterocycles. The SMILES string of the molecule is CCc1ccc(S(=O)(=O)Cl)c(CO)c1C#N. The third-order valence-electron chi connectivity index (χ3n) is 2.27. The molecule has 1 aromatic carbocycles. The van der Waals surface area contributed by atoms with Crippen molar-refractivity contribution in [2.24, 2.45) is 0 Å². The first-order valence-corrected chi connectivity index (χ1v) is 6.87. The summed E-state index contributed by atoms with van der Waals surface area (Å²) in [7, 11) is 1.28. The van der Waals surface area contributed by atoms with E-state index in [0.717, 1.165) is 0 Å². The van der Waals surface area contributed by atoms with Crippen LogP contribution in [0, 0.1) is 11.3 Å². The average molecular weight is 260 g/mol. The van der Waals surface area contributed by atoms with Crippen molar-refractivity contribution in [1.82, 2.24) is 0 Å². The highest BCUT2D eigenvalue weighted by Gasteiger charge is 2.19. The van der Waals surface area contributed by atoms with Crippen LogP contribution in [0.2, 0.25) is 0 Å². The van der Waals surface area contributed by atoms with Gasteiger partial charge in [0.15, 0.2) is 0 Å². The molecule has 0 unspecified atom stereocenters. The quantitative estimate of drug-likeness (QED) is 0.835. The van der Waals surface area contributed by atoms with Gasteiger partial charge in [0, 0.05) is 16.2 Å². The largest absolute Gasteiger partial charge is 0.392 e. The minimum Gasteiger partial charge on any atom is -0.392 e. The molecule has 0 saturated carbocycles. The topological polar surface area (TPSA) is 78.2 Å². The molecule has 0 bridgehead atoms. The van der Waals surface area contributed by atoms with E-state index in [2.05, 4.69) is 0 Å². The van der Waals surface area contributed by atoms with Gasteiger partial charge in [0.25, 0.3) is 9.05 Å². The van der Waals surface area contributed by atoms with E-state index in [1.165, 1.54) is 12.1 Å². The van der Waals surface area contributed by atoms with Gasteiger partial charge in [-0.15, -0.1) is 0 Å². The van der Waals surface area contributed by atoms with E-state index in [1.54, 1.807) is 0 Å². The number of aliphatic hydroxyl groups is 1. The number of aliphatic hydroxyl groups excluding tert-OH is 1. The maximum absolute atomic E-state index is 11.2. The summed E-state index contributed by atoms with van der Waals surface area (Å²) >= 11 is 0. The number of aryl methyl sites for hydroxylation is 1. The van der Waals surface area contributed by atoms with Crippen molar-refractivity contribution in [2.45, 2.75) is 24.8 Å². The summed E-state index contributed by atoms with van der Waals surface area (Å²) in [6, 6.07) is 4.74. The van der Waals surface area contributed by atoms with Gasteiger partial charge in [-0.3, -0.25) is 0 Å². The van der Waals surface area contributed by atoms with Crippen molar-refractivity contribution in [3.63, 3.8) is 0 Å². The second-order valence-electron chi connectivity index (χ2n) is 3.14. The fourth-order valence-electron chi connectivity index (χ4n) is 1.50. The highest BCUT2D eigenvalue weighted by molar-refractivity contribution is 8.13. The highest BCUT2D eigenvalue weighted by atomic mass is 35.7. The Labute approximate surface area is 98.5 Å². The molecule has 0 fully saturated rings. The Balaban J connectivity index is 3.65. The lowest BCUT2D eigenvalue weighted by Gasteiger charge is -2.09. The maximum Gasteiger partial charge on any atom is 0.261 e. The highest BCUT2D eigenvalue weighted by Crippen LogP contribution is 2.26. The van der Waals surface area contributed by atoms with Gasteiger partial charge in [-0.05, 0) is 18.1 Å². The van der Waals surface area contributed by atoms with Crippen LogP contribution in [0.3, 0.4) is 0 Å². The van der Waals surface area contributed by atoms with Crippen molar-refractivity contribution in [2.75, 3.05) is 0 Å². The average Bonchev–Trinajstić information content (AvgIpc) is 2.25. The van der Waals surface area contributed by atoms with E-state index < -0.39 is 15.7 Å². The lowest BCUT2D eigenvalue weighted by molar-refractivity contribution is 0.278. The van der Waals surface area contributed by atoms with E-state index >= 15 is 0 Å². The molecule has 0 amide bonds. The second-order valence-corrected chi connectivity index (χ2v) is 5.67. The number of benzene rings is 1. The zero-order valence-corrected chi connectivity index (χ0v) is 10.1. The molecule has 6 heteroatoms. The molecule has 1 N–H and O–H groups in total. The summed E-state index contributed by atoms with van der Waals surface area (Å²) in [5.74, 6) is 0. The molecule has 0 aliphatic rings. The van der Waals surface area contributed by atoms with Crippen molar-refractivity contribution in [1.29, 1.82) is 5.26 Å². The van der Waals surface area contributed by atoms with Crippen LogP contribution in [-0.4, -0.2) is 13.5 Å². The molecule has 86 valence electrons. The number of nitrogens with zero attached hydrogens (tertiary/aromatic N) is 1. The molecule has 0 aliphatic carbocycles. The summed E-state index contributed by atoms with van der Waals surface area (Å²) < 4.78 is 22.5. The lowest BCUT2D eigenvalue weighted by atomic mass is 10.0. The van der Waals surface area contributed by atoms with Crippen molar-refractivity contribution < 1.29 is 13.5 Å². The summed E-state index contributed by atoms with van der Waals surface area (Å²) in [5.41, 5.74) is 0.944. The van der Waals surface area contributed by atoms with Crippen LogP contribution in [0.5, 0.6) is 0 Å². The Hall–Kier alpha value is -1.09. The summed E-state index contributed by atoms with van der Waals surface area (Å²) in [6.07, 6.45) is 0.582. The predicted octanol–water partition coefficient (Wildman–Crippen LogP) is 1.54. The number of rotatable bonds is 3. The number of hydrogen-bond donors (Lipinski definition) is 1. The Kier molecular flexibility index (Phi) is 3.92. The van der Waals surface area contributed by atoms with Crippen molar-refractivity contribution in [3.8, 4) is 6.07 Å². The van der Waals surface area contributed by atoms with Crippen LogP contribution in [-0.2, 0) is 22.1 Å². The van der Waals surface area contributed by atoms with E-state index in [4.69, 9.17) is 21.1 Å². The molecule has 0 spiro atoms. The number of halogens is 1. The Bertz CT molecular complexity index is 546. The smallest absolute Gasteiger partial charge is 0.261 e. The maximum atomic E-state index is 11.2. The summed E-state index contributed by atoms with van der Waals surface area (Å²) in [4.78, 5) is -0.203. The van der Waals surface area contributed by atoms with E-state index in [1.807, 2.05) is 13.0 Å². The van der Waals surface area contributed by atoms with E-state index in [9.17, 15) is 8.42 Å². The lowest BCUT2D eigenvalue weighted by Crippen LogP contribution is -2.04. The van der Waals surface area contributed by atoms with Crippen LogP contribution >= 0.6 is 10.7 Å². The molecule has 1 rings (SSSR count). The van der Waals surface area contributed by atoms with Crippen LogP contribution in [0.25, 0.3) is 0 Å². The minimum atomic E-state index is -3.94. The van der Waals surface area contributed by atoms with Gasteiger partial charge in [0.1, 0.15) is 0 Å². The van der Waals surface area contributed by atoms with Gasteiger partial charge in [-0.2, -0.15) is 5.26 Å². The molecule has 0 radical (unpaired) electrons. The first-order valence-electron chi connectivity index (χ1n) is 4.56. The van der Waals surface area contributed by atoms with Gasteiger partial charge in [-0.25, -0.2) is 8.42 Å². The molecule has 0 aromatic heterocycles. The molecule has 0 heterocycles. The van der Waals surface area contributed by atoms with Crippen LogP contribution in [0.4, 0.5) is 0 Å². The normalized spacial score (nSPS) is 11.1. The van der Waals surface area contributed by atoms with Crippen LogP contribution < -0.4 is 0 Å². The Morgan fingerprint density at radius 3 is 2.50 bits per heavy atom. The monoisotopic (exact) mass is 259 g/mol. The first kappa shape index (κ1) is 13.0. The molecule has 0 saturated heterocycles. The second kappa shape index (κ2) is 4.83. The molecular formula is C10H10ClNO3S. The summed E-state index contributed by atoms with van der Waals surface area (Å²) in [5, 5.41) is 18.1. The number of nitriles is 1. The van der Waals surface area contributed by atoms with Gasteiger partial charge in [-0.1, -0.05) is 13.0 Å². The third kappa shape index (κ3) is 2.35. The zero-order valence-electron chi connectivity index (χ0n) is 8.57. The minimum absolute atomic E-state index is 0.0665. The number of hydrogen-bond acceptors (Lipinski definition) is 4.